The average molecular weight is 755 g/mol. The number of benzene rings is 2. The van der Waals surface area contributed by atoms with E-state index in [-0.39, 0.29) is 0 Å². The summed E-state index contributed by atoms with van der Waals surface area (Å²) in [4.78, 5) is 70.2. The Morgan fingerprint density at radius 1 is 0.720 bits per heavy atom. The number of nitrogens with zero attached hydrogens (tertiary/aromatic N) is 4. The third kappa shape index (κ3) is 2.61. The van der Waals surface area contributed by atoms with Gasteiger partial charge in [0.25, 0.3) is 23.6 Å². The Labute approximate surface area is 300 Å². The summed E-state index contributed by atoms with van der Waals surface area (Å²) in [7, 11) is 6.69. The van der Waals surface area contributed by atoms with Gasteiger partial charge in [-0.05, 0) is 80.3 Å². The second-order valence-corrected chi connectivity index (χ2v) is 19.2. The Balaban J connectivity index is 1.34. The second kappa shape index (κ2) is 9.08. The van der Waals surface area contributed by atoms with Crippen molar-refractivity contribution >= 4 is 84.0 Å². The number of hydrogen-bond acceptors (Lipinski definition) is 14. The number of fused-ring (bicyclic) bond motifs is 11. The van der Waals surface area contributed by atoms with Crippen LogP contribution in [0.3, 0.4) is 0 Å². The molecule has 11 atom stereocenters. The number of carbonyl (C=O) groups excluding carboxylic acids is 5. The number of aliphatic hydroxyl groups excluding tert-OH is 3. The summed E-state index contributed by atoms with van der Waals surface area (Å²) in [6.45, 7) is 2.70. The van der Waals surface area contributed by atoms with Gasteiger partial charge in [0.1, 0.15) is 24.5 Å². The fourth-order valence-electron chi connectivity index (χ4n) is 10.5. The Hall–Kier alpha value is -3.13. The molecule has 0 saturated carbocycles. The highest BCUT2D eigenvalue weighted by molar-refractivity contribution is 8.78. The van der Waals surface area contributed by atoms with Crippen molar-refractivity contribution in [3.8, 4) is 0 Å². The summed E-state index contributed by atoms with van der Waals surface area (Å²) in [5.74, 6) is -3.11. The van der Waals surface area contributed by atoms with Gasteiger partial charge in [0.05, 0.1) is 16.9 Å². The molecule has 10 aliphatic rings. The van der Waals surface area contributed by atoms with Crippen LogP contribution in [0.5, 0.6) is 0 Å². The van der Waals surface area contributed by atoms with Gasteiger partial charge >= 0.3 is 0 Å². The predicted octanol–water partition coefficient (Wildman–Crippen LogP) is 0.261. The molecule has 2 unspecified atom stereocenters. The molecule has 2 aromatic rings. The van der Waals surface area contributed by atoms with E-state index >= 15 is 0 Å². The van der Waals surface area contributed by atoms with E-state index in [9.17, 15) is 39.3 Å². The highest BCUT2D eigenvalue weighted by Crippen LogP contribution is 2.78. The molecule has 12 rings (SSSR count). The van der Waals surface area contributed by atoms with Crippen LogP contribution in [0.25, 0.3) is 0 Å². The van der Waals surface area contributed by atoms with Gasteiger partial charge in [0.15, 0.2) is 5.78 Å². The van der Waals surface area contributed by atoms with Gasteiger partial charge in [0, 0.05) is 25.5 Å². The molecule has 10 aliphatic heterocycles. The minimum absolute atomic E-state index is 0.472. The molecule has 2 spiro atoms. The SMILES string of the molecule is CC(=O)[C@@]12SS[C@]3(C(=O)N1C)[C@@H](O)[C@]1([C@@]45c6ccccc6N[C@@H]4N4C(=O)[C@]6(C(C)O)SSC4(C(=O)N6C)[C@H]5O)c4ccccc4N[C@@H]1N3C2=O. The third-order valence-corrected chi connectivity index (χ3v) is 20.0. The van der Waals surface area contributed by atoms with Crippen LogP contribution < -0.4 is 10.6 Å². The lowest BCUT2D eigenvalue weighted by atomic mass is 9.52. The average Bonchev–Trinajstić information content (AvgIpc) is 3.74. The van der Waals surface area contributed by atoms with E-state index < -0.39 is 90.4 Å². The number of likely N-dealkylation sites (N-methyl/N-ethyl adjacent to an activating group) is 2. The van der Waals surface area contributed by atoms with Crippen molar-refractivity contribution in [1.29, 1.82) is 0 Å². The standard InChI is InChI=1S/C32H30N6O8S4/c1-13(39)29-25(45)37-21-27(15-9-5-7-11-17(15)33-21,19(41)31(37,49-47-29)23(43)35(29)3)28-16-10-6-8-12-18(16)34-22(28)38-26(46)30(14(2)40)36(4)24(44)32(38,20(28)42)50-48-30/h5-13,19-22,33-34,39,41-42H,1-4H3/t13?,19-,20-,21+,22+,27+,28+,29-,30-,31?,32-/m0/s1. The topological polar surface area (TPSA) is 183 Å². The van der Waals surface area contributed by atoms with Crippen molar-refractivity contribution in [1.82, 2.24) is 19.6 Å². The number of amides is 4. The minimum atomic E-state index is -1.97. The molecule has 0 radical (unpaired) electrons. The van der Waals surface area contributed by atoms with Gasteiger partial charge in [-0.2, -0.15) is 0 Å². The monoisotopic (exact) mass is 754 g/mol. The molecule has 260 valence electrons. The van der Waals surface area contributed by atoms with E-state index in [0.717, 1.165) is 48.1 Å². The molecule has 2 aromatic carbocycles. The maximum atomic E-state index is 15.0. The fraction of sp³-hybridized carbons (Fsp3) is 0.469. The Morgan fingerprint density at radius 2 is 1.18 bits per heavy atom. The Morgan fingerprint density at radius 3 is 1.68 bits per heavy atom. The van der Waals surface area contributed by atoms with Crippen molar-refractivity contribution in [3.63, 3.8) is 0 Å². The van der Waals surface area contributed by atoms with E-state index in [2.05, 4.69) is 10.6 Å². The van der Waals surface area contributed by atoms with Crippen LogP contribution in [-0.4, -0.2) is 129 Å². The van der Waals surface area contributed by atoms with Crippen molar-refractivity contribution in [2.75, 3.05) is 24.7 Å². The highest BCUT2D eigenvalue weighted by Gasteiger charge is 2.93. The maximum absolute atomic E-state index is 15.0. The zero-order chi connectivity index (χ0) is 35.3. The predicted molar refractivity (Wildman–Crippen MR) is 186 cm³/mol. The molecule has 0 aromatic heterocycles. The smallest absolute Gasteiger partial charge is 0.271 e. The number of nitrogens with one attached hydrogen (secondary N) is 2. The second-order valence-electron chi connectivity index (χ2n) is 14.1. The summed E-state index contributed by atoms with van der Waals surface area (Å²) >= 11 is 0. The summed E-state index contributed by atoms with van der Waals surface area (Å²) in [6, 6.07) is 14.2. The molecule has 5 N–H and O–H groups in total. The number of carbonyl (C=O) groups is 5. The van der Waals surface area contributed by atoms with E-state index in [1.54, 1.807) is 48.5 Å². The van der Waals surface area contributed by atoms with Gasteiger partial charge in [-0.15, -0.1) is 0 Å². The Bertz CT molecular complexity index is 2060. The molecule has 14 nitrogen and oxygen atoms in total. The molecule has 8 fully saturated rings. The van der Waals surface area contributed by atoms with E-state index in [1.807, 2.05) is 0 Å². The van der Waals surface area contributed by atoms with Gasteiger partial charge in [-0.25, -0.2) is 0 Å². The summed E-state index contributed by atoms with van der Waals surface area (Å²) in [6.07, 6.45) is -7.27. The third-order valence-electron chi connectivity index (χ3n) is 12.6. The highest BCUT2D eigenvalue weighted by atomic mass is 33.1. The zero-order valence-electron chi connectivity index (χ0n) is 26.8. The normalized spacial score (nSPS) is 44.8. The number of para-hydroxylation sites is 2. The van der Waals surface area contributed by atoms with Crippen molar-refractivity contribution in [2.24, 2.45) is 0 Å². The lowest BCUT2D eigenvalue weighted by Crippen LogP contribution is -2.80. The molecular formula is C32H30N6O8S4. The molecule has 18 heteroatoms. The van der Waals surface area contributed by atoms with E-state index in [0.29, 0.717) is 22.5 Å². The molecule has 50 heavy (non-hydrogen) atoms. The summed E-state index contributed by atoms with van der Waals surface area (Å²) < 4.78 is 0. The minimum Gasteiger partial charge on any atom is -0.389 e. The van der Waals surface area contributed by atoms with E-state index in [1.165, 1.54) is 42.6 Å². The number of hydrogen-bond donors (Lipinski definition) is 5. The van der Waals surface area contributed by atoms with Crippen LogP contribution in [0, 0.1) is 0 Å². The maximum Gasteiger partial charge on any atom is 0.271 e. The molecule has 8 saturated heterocycles. The van der Waals surface area contributed by atoms with Crippen LogP contribution in [-0.2, 0) is 34.8 Å². The fourth-order valence-corrected chi connectivity index (χ4v) is 18.4. The number of Topliss-reactive ketones (excluding diaryl/α,β-unsaturated/α-hetero) is 1. The number of aliphatic hydroxyl groups is 3. The summed E-state index contributed by atoms with van der Waals surface area (Å²) in [5.41, 5.74) is -1.64. The lowest BCUT2D eigenvalue weighted by Gasteiger charge is -2.59. The van der Waals surface area contributed by atoms with Gasteiger partial charge in [-0.3, -0.25) is 33.8 Å². The first-order valence-electron chi connectivity index (χ1n) is 16.0. The van der Waals surface area contributed by atoms with E-state index in [4.69, 9.17) is 0 Å². The lowest BCUT2D eigenvalue weighted by molar-refractivity contribution is -0.172. The first-order chi connectivity index (χ1) is 23.7. The quantitative estimate of drug-likeness (QED) is 0.213. The largest absolute Gasteiger partial charge is 0.389 e. The number of anilines is 2. The number of ketones is 1. The number of piperazine rings is 2. The first-order valence-corrected chi connectivity index (χ1v) is 20.3. The molecule has 0 aliphatic carbocycles. The summed E-state index contributed by atoms with van der Waals surface area (Å²) in [5, 5.41) is 44.8. The van der Waals surface area contributed by atoms with Crippen molar-refractivity contribution in [2.45, 2.75) is 74.8 Å². The Kier molecular flexibility index (Phi) is 5.74. The first kappa shape index (κ1) is 31.6. The van der Waals surface area contributed by atoms with Crippen molar-refractivity contribution < 1.29 is 39.3 Å². The van der Waals surface area contributed by atoms with Crippen LogP contribution in [0.15, 0.2) is 48.5 Å². The molecule has 4 amide bonds. The van der Waals surface area contributed by atoms with Crippen LogP contribution in [0.2, 0.25) is 0 Å². The van der Waals surface area contributed by atoms with Gasteiger partial charge < -0.3 is 35.8 Å². The number of rotatable bonds is 3. The van der Waals surface area contributed by atoms with Crippen molar-refractivity contribution in [3.05, 3.63) is 59.7 Å². The van der Waals surface area contributed by atoms with Crippen LogP contribution in [0.1, 0.15) is 25.0 Å². The molecular weight excluding hydrogens is 725 g/mol. The molecule has 10 heterocycles. The van der Waals surface area contributed by atoms with Gasteiger partial charge in [0.2, 0.25) is 19.5 Å². The zero-order valence-corrected chi connectivity index (χ0v) is 30.1. The molecule has 4 bridgehead atoms. The van der Waals surface area contributed by atoms with Gasteiger partial charge in [-0.1, -0.05) is 36.4 Å². The van der Waals surface area contributed by atoms with Crippen LogP contribution >= 0.6 is 43.2 Å². The van der Waals surface area contributed by atoms with Crippen LogP contribution in [0.4, 0.5) is 11.4 Å².